The van der Waals surface area contributed by atoms with Crippen LogP contribution in [0.1, 0.15) is 25.8 Å². The van der Waals surface area contributed by atoms with Crippen LogP contribution in [0.2, 0.25) is 5.02 Å². The Balaban J connectivity index is 2.25. The number of benzene rings is 1. The van der Waals surface area contributed by atoms with Gasteiger partial charge in [0.2, 0.25) is 0 Å². The number of nitrogens with two attached hydrogens (primary N) is 1. The maximum atomic E-state index is 6.18. The molecule has 1 aromatic carbocycles. The summed E-state index contributed by atoms with van der Waals surface area (Å²) in [6.45, 7) is 6.46. The number of hydrogen-bond acceptors (Lipinski definition) is 3. The molecule has 0 bridgehead atoms. The summed E-state index contributed by atoms with van der Waals surface area (Å²) >= 11 is 7.65. The van der Waals surface area contributed by atoms with E-state index < -0.39 is 0 Å². The van der Waals surface area contributed by atoms with E-state index in [1.807, 2.05) is 18.2 Å². The van der Waals surface area contributed by atoms with Crippen molar-refractivity contribution in [2.24, 2.45) is 11.1 Å². The first kappa shape index (κ1) is 12.8. The normalized spacial score (nSPS) is 14.2. The van der Waals surface area contributed by atoms with Gasteiger partial charge in [-0.05, 0) is 23.6 Å². The molecule has 0 aliphatic carbocycles. The van der Waals surface area contributed by atoms with E-state index in [1.54, 1.807) is 11.3 Å². The summed E-state index contributed by atoms with van der Waals surface area (Å²) < 4.78 is 1.17. The second-order valence-corrected chi connectivity index (χ2v) is 6.95. The summed E-state index contributed by atoms with van der Waals surface area (Å²) in [6, 6.07) is 5.94. The fraction of sp³-hybridized carbons (Fsp3) is 0.462. The van der Waals surface area contributed by atoms with E-state index >= 15 is 0 Å². The van der Waals surface area contributed by atoms with Gasteiger partial charge in [0, 0.05) is 17.5 Å². The lowest BCUT2D eigenvalue weighted by molar-refractivity contribution is 0.318. The zero-order valence-electron chi connectivity index (χ0n) is 10.3. The second-order valence-electron chi connectivity index (χ2n) is 5.40. The molecule has 2 nitrogen and oxygen atoms in total. The zero-order valence-corrected chi connectivity index (χ0v) is 11.9. The number of aromatic nitrogens is 1. The van der Waals surface area contributed by atoms with Gasteiger partial charge < -0.3 is 5.73 Å². The van der Waals surface area contributed by atoms with Gasteiger partial charge in [-0.15, -0.1) is 11.3 Å². The Morgan fingerprint density at radius 1 is 1.41 bits per heavy atom. The number of halogens is 1. The molecule has 1 atom stereocenters. The van der Waals surface area contributed by atoms with Crippen LogP contribution in [0.25, 0.3) is 10.2 Å². The minimum Gasteiger partial charge on any atom is -0.327 e. The van der Waals surface area contributed by atoms with Crippen molar-refractivity contribution in [3.05, 3.63) is 28.2 Å². The molecular weight excluding hydrogens is 252 g/mol. The fourth-order valence-electron chi connectivity index (χ4n) is 1.53. The summed E-state index contributed by atoms with van der Waals surface area (Å²) in [5, 5.41) is 1.82. The highest BCUT2D eigenvalue weighted by molar-refractivity contribution is 7.18. The standard InChI is InChI=1S/C13H17ClN2S/c1-13(2,3)11(15)7-12-16-9-6-8(14)4-5-10(9)17-12/h4-6,11H,7,15H2,1-3H3. The predicted molar refractivity (Wildman–Crippen MR) is 75.8 cm³/mol. The van der Waals surface area contributed by atoms with Crippen LogP contribution in [0, 0.1) is 5.41 Å². The predicted octanol–water partition coefficient (Wildman–Crippen LogP) is 3.87. The highest BCUT2D eigenvalue weighted by Crippen LogP contribution is 2.28. The minimum atomic E-state index is 0.107. The van der Waals surface area contributed by atoms with Crippen molar-refractivity contribution in [1.82, 2.24) is 4.98 Å². The molecule has 92 valence electrons. The van der Waals surface area contributed by atoms with Gasteiger partial charge in [0.1, 0.15) is 0 Å². The van der Waals surface area contributed by atoms with E-state index in [0.29, 0.717) is 0 Å². The van der Waals surface area contributed by atoms with Crippen LogP contribution in [-0.4, -0.2) is 11.0 Å². The highest BCUT2D eigenvalue weighted by Gasteiger charge is 2.22. The Morgan fingerprint density at radius 3 is 2.76 bits per heavy atom. The van der Waals surface area contributed by atoms with E-state index in [2.05, 4.69) is 25.8 Å². The van der Waals surface area contributed by atoms with E-state index in [4.69, 9.17) is 17.3 Å². The Morgan fingerprint density at radius 2 is 2.12 bits per heavy atom. The van der Waals surface area contributed by atoms with Gasteiger partial charge in [-0.2, -0.15) is 0 Å². The number of hydrogen-bond donors (Lipinski definition) is 1. The van der Waals surface area contributed by atoms with Crippen LogP contribution >= 0.6 is 22.9 Å². The average Bonchev–Trinajstić information content (AvgIpc) is 2.57. The Kier molecular flexibility index (Phi) is 3.43. The maximum Gasteiger partial charge on any atom is 0.0954 e. The monoisotopic (exact) mass is 268 g/mol. The van der Waals surface area contributed by atoms with Crippen LogP contribution in [0.3, 0.4) is 0 Å². The van der Waals surface area contributed by atoms with Gasteiger partial charge in [0.05, 0.1) is 15.2 Å². The molecule has 2 aromatic rings. The molecule has 2 rings (SSSR count). The van der Waals surface area contributed by atoms with Gasteiger partial charge in [-0.1, -0.05) is 32.4 Å². The van der Waals surface area contributed by atoms with Gasteiger partial charge >= 0.3 is 0 Å². The number of rotatable bonds is 2. The van der Waals surface area contributed by atoms with Crippen LogP contribution in [0.4, 0.5) is 0 Å². The van der Waals surface area contributed by atoms with Crippen LogP contribution in [0.15, 0.2) is 18.2 Å². The Labute approximate surface area is 111 Å². The smallest absolute Gasteiger partial charge is 0.0954 e. The lowest BCUT2D eigenvalue weighted by atomic mass is 9.86. The van der Waals surface area contributed by atoms with Crippen LogP contribution in [0.5, 0.6) is 0 Å². The fourth-order valence-corrected chi connectivity index (χ4v) is 2.70. The summed E-state index contributed by atoms with van der Waals surface area (Å²) in [6.07, 6.45) is 0.820. The molecule has 17 heavy (non-hydrogen) atoms. The van der Waals surface area contributed by atoms with E-state index in [-0.39, 0.29) is 11.5 Å². The maximum absolute atomic E-state index is 6.18. The average molecular weight is 269 g/mol. The third-order valence-electron chi connectivity index (χ3n) is 2.90. The Hall–Kier alpha value is -0.640. The van der Waals surface area contributed by atoms with Crippen molar-refractivity contribution in [3.8, 4) is 0 Å². The van der Waals surface area contributed by atoms with Gasteiger partial charge in [-0.3, -0.25) is 0 Å². The van der Waals surface area contributed by atoms with E-state index in [9.17, 15) is 0 Å². The number of thiazole rings is 1. The second kappa shape index (κ2) is 4.56. The molecular formula is C13H17ClN2S. The number of fused-ring (bicyclic) bond motifs is 1. The molecule has 1 aromatic heterocycles. The van der Waals surface area contributed by atoms with Crippen LogP contribution in [-0.2, 0) is 6.42 Å². The summed E-state index contributed by atoms with van der Waals surface area (Å²) in [5.41, 5.74) is 7.25. The van der Waals surface area contributed by atoms with E-state index in [0.717, 1.165) is 22.0 Å². The molecule has 1 unspecified atom stereocenters. The Bertz CT molecular complexity index is 528. The molecule has 0 fully saturated rings. The summed E-state index contributed by atoms with van der Waals surface area (Å²) in [4.78, 5) is 4.58. The third kappa shape index (κ3) is 2.97. The zero-order chi connectivity index (χ0) is 12.6. The van der Waals surface area contributed by atoms with E-state index in [1.165, 1.54) is 4.70 Å². The van der Waals surface area contributed by atoms with Crippen molar-refractivity contribution < 1.29 is 0 Å². The first-order valence-corrected chi connectivity index (χ1v) is 6.86. The molecule has 0 saturated heterocycles. The van der Waals surface area contributed by atoms with Crippen molar-refractivity contribution in [1.29, 1.82) is 0 Å². The third-order valence-corrected chi connectivity index (χ3v) is 4.19. The molecule has 1 heterocycles. The van der Waals surface area contributed by atoms with Gasteiger partial charge in [0.15, 0.2) is 0 Å². The SMILES string of the molecule is CC(C)(C)C(N)Cc1nc2cc(Cl)ccc2s1. The van der Waals surface area contributed by atoms with Gasteiger partial charge in [-0.25, -0.2) is 4.98 Å². The lowest BCUT2D eigenvalue weighted by Gasteiger charge is -2.26. The molecule has 0 radical (unpaired) electrons. The molecule has 0 spiro atoms. The molecule has 0 aliphatic rings. The summed E-state index contributed by atoms with van der Waals surface area (Å²) in [5.74, 6) is 0. The van der Waals surface area contributed by atoms with Crippen molar-refractivity contribution in [2.75, 3.05) is 0 Å². The van der Waals surface area contributed by atoms with Crippen molar-refractivity contribution in [2.45, 2.75) is 33.2 Å². The first-order valence-electron chi connectivity index (χ1n) is 5.67. The van der Waals surface area contributed by atoms with Crippen LogP contribution < -0.4 is 5.73 Å². The van der Waals surface area contributed by atoms with Crippen molar-refractivity contribution in [3.63, 3.8) is 0 Å². The molecule has 0 saturated carbocycles. The molecule has 4 heteroatoms. The van der Waals surface area contributed by atoms with Gasteiger partial charge in [0.25, 0.3) is 0 Å². The first-order chi connectivity index (χ1) is 7.86. The quantitative estimate of drug-likeness (QED) is 0.898. The molecule has 0 amide bonds. The van der Waals surface area contributed by atoms with Crippen molar-refractivity contribution >= 4 is 33.2 Å². The molecule has 0 aliphatic heterocycles. The summed E-state index contributed by atoms with van der Waals surface area (Å²) in [7, 11) is 0. The minimum absolute atomic E-state index is 0.107. The number of nitrogens with zero attached hydrogens (tertiary/aromatic N) is 1. The largest absolute Gasteiger partial charge is 0.327 e. The highest BCUT2D eigenvalue weighted by atomic mass is 35.5. The topological polar surface area (TPSA) is 38.9 Å². The lowest BCUT2D eigenvalue weighted by Crippen LogP contribution is -2.36. The molecule has 2 N–H and O–H groups in total.